The van der Waals surface area contributed by atoms with Gasteiger partial charge in [0.15, 0.2) is 0 Å². The Balaban J connectivity index is 1.28. The van der Waals surface area contributed by atoms with Crippen molar-refractivity contribution < 1.29 is 19.4 Å². The van der Waals surface area contributed by atoms with E-state index in [-0.39, 0.29) is 29.8 Å². The number of ether oxygens (including phenoxy) is 1. The van der Waals surface area contributed by atoms with Gasteiger partial charge in [-0.3, -0.25) is 4.79 Å². The molecule has 1 saturated heterocycles. The standard InChI is InChI=1S/C22H21NO4/c24-21(25)20-17-9-10-23(11-18(17)20)22(26)27-12-19-15-7-3-1-5-13(15)14-6-2-4-8-16(14)19/h1-8,17-20H,9-12H2,(H,24,25)/t17-,18+,20+/m0/s1. The van der Waals surface area contributed by atoms with Crippen LogP contribution < -0.4 is 0 Å². The number of aliphatic carboxylic acids is 1. The third kappa shape index (κ3) is 2.60. The van der Waals surface area contributed by atoms with E-state index in [2.05, 4.69) is 24.3 Å². The molecule has 1 N–H and O–H groups in total. The minimum atomic E-state index is -0.737. The molecule has 5 rings (SSSR count). The van der Waals surface area contributed by atoms with E-state index in [1.54, 1.807) is 4.90 Å². The highest BCUT2D eigenvalue weighted by Gasteiger charge is 2.57. The molecule has 3 atom stereocenters. The molecule has 5 heteroatoms. The smallest absolute Gasteiger partial charge is 0.409 e. The van der Waals surface area contributed by atoms with Crippen LogP contribution in [-0.2, 0) is 9.53 Å². The Labute approximate surface area is 157 Å². The average molecular weight is 363 g/mol. The van der Waals surface area contributed by atoms with Gasteiger partial charge < -0.3 is 14.7 Å². The Morgan fingerprint density at radius 3 is 2.26 bits per heavy atom. The predicted octanol–water partition coefficient (Wildman–Crippen LogP) is 3.59. The van der Waals surface area contributed by atoms with Crippen molar-refractivity contribution in [2.75, 3.05) is 19.7 Å². The Morgan fingerprint density at radius 1 is 1.00 bits per heavy atom. The Kier molecular flexibility index (Phi) is 3.71. The lowest BCUT2D eigenvalue weighted by molar-refractivity contribution is -0.139. The molecule has 27 heavy (non-hydrogen) atoms. The monoisotopic (exact) mass is 363 g/mol. The lowest BCUT2D eigenvalue weighted by atomic mass is 9.98. The first-order valence-electron chi connectivity index (χ1n) is 9.48. The van der Waals surface area contributed by atoms with E-state index >= 15 is 0 Å². The zero-order valence-corrected chi connectivity index (χ0v) is 14.9. The molecule has 0 bridgehead atoms. The summed E-state index contributed by atoms with van der Waals surface area (Å²) in [7, 11) is 0. The summed E-state index contributed by atoms with van der Waals surface area (Å²) < 4.78 is 5.68. The van der Waals surface area contributed by atoms with Crippen molar-refractivity contribution in [2.24, 2.45) is 17.8 Å². The molecule has 2 aromatic rings. The minimum absolute atomic E-state index is 0.0478. The van der Waals surface area contributed by atoms with Crippen LogP contribution in [0.4, 0.5) is 4.79 Å². The second-order valence-corrected chi connectivity index (χ2v) is 7.73. The van der Waals surface area contributed by atoms with Crippen LogP contribution in [0.3, 0.4) is 0 Å². The Morgan fingerprint density at radius 2 is 1.63 bits per heavy atom. The van der Waals surface area contributed by atoms with E-state index in [4.69, 9.17) is 4.74 Å². The number of carboxylic acid groups (broad SMARTS) is 1. The molecule has 2 fully saturated rings. The van der Waals surface area contributed by atoms with Gasteiger partial charge in [-0.1, -0.05) is 48.5 Å². The molecule has 1 saturated carbocycles. The van der Waals surface area contributed by atoms with E-state index < -0.39 is 5.97 Å². The highest BCUT2D eigenvalue weighted by Crippen LogP contribution is 2.51. The highest BCUT2D eigenvalue weighted by molar-refractivity contribution is 5.79. The summed E-state index contributed by atoms with van der Waals surface area (Å²) >= 11 is 0. The number of likely N-dealkylation sites (tertiary alicyclic amines) is 1. The first-order valence-corrected chi connectivity index (χ1v) is 9.48. The molecule has 1 amide bonds. The van der Waals surface area contributed by atoms with Gasteiger partial charge in [0.2, 0.25) is 0 Å². The minimum Gasteiger partial charge on any atom is -0.481 e. The normalized spacial score (nSPS) is 25.3. The van der Waals surface area contributed by atoms with E-state index in [1.165, 1.54) is 22.3 Å². The third-order valence-electron chi connectivity index (χ3n) is 6.37. The molecule has 2 aromatic carbocycles. The number of carbonyl (C=O) groups excluding carboxylic acids is 1. The third-order valence-corrected chi connectivity index (χ3v) is 6.37. The first-order chi connectivity index (χ1) is 13.1. The van der Waals surface area contributed by atoms with Crippen molar-refractivity contribution in [3.8, 4) is 11.1 Å². The molecule has 138 valence electrons. The van der Waals surface area contributed by atoms with E-state index in [0.29, 0.717) is 19.7 Å². The quantitative estimate of drug-likeness (QED) is 0.905. The number of hydrogen-bond acceptors (Lipinski definition) is 3. The molecule has 3 aliphatic rings. The van der Waals surface area contributed by atoms with Crippen LogP contribution in [0.15, 0.2) is 48.5 Å². The van der Waals surface area contributed by atoms with E-state index in [1.807, 2.05) is 24.3 Å². The number of carbonyl (C=O) groups is 2. The number of rotatable bonds is 3. The summed E-state index contributed by atoms with van der Waals surface area (Å²) in [5.74, 6) is -0.640. The average Bonchev–Trinajstić information content (AvgIpc) is 3.34. The van der Waals surface area contributed by atoms with Crippen molar-refractivity contribution in [1.29, 1.82) is 0 Å². The number of fused-ring (bicyclic) bond motifs is 4. The molecule has 0 aromatic heterocycles. The lowest BCUT2D eigenvalue weighted by Crippen LogP contribution is -2.38. The van der Waals surface area contributed by atoms with Crippen LogP contribution in [0.2, 0.25) is 0 Å². The van der Waals surface area contributed by atoms with Crippen LogP contribution in [0, 0.1) is 17.8 Å². The molecule has 5 nitrogen and oxygen atoms in total. The summed E-state index contributed by atoms with van der Waals surface area (Å²) in [5, 5.41) is 9.21. The van der Waals surface area contributed by atoms with Crippen molar-refractivity contribution in [1.82, 2.24) is 4.90 Å². The predicted molar refractivity (Wildman–Crippen MR) is 99.4 cm³/mol. The maximum atomic E-state index is 12.6. The molecule has 0 spiro atoms. The Bertz CT molecular complexity index is 879. The molecule has 1 aliphatic heterocycles. The number of benzene rings is 2. The summed E-state index contributed by atoms with van der Waals surface area (Å²) in [6.45, 7) is 1.39. The van der Waals surface area contributed by atoms with Crippen LogP contribution in [-0.4, -0.2) is 41.8 Å². The zero-order valence-electron chi connectivity index (χ0n) is 14.9. The molecule has 2 aliphatic carbocycles. The zero-order chi connectivity index (χ0) is 18.5. The molecule has 1 heterocycles. The highest BCUT2D eigenvalue weighted by atomic mass is 16.6. The van der Waals surface area contributed by atoms with Crippen molar-refractivity contribution >= 4 is 12.1 Å². The maximum absolute atomic E-state index is 12.6. The second-order valence-electron chi connectivity index (χ2n) is 7.73. The van der Waals surface area contributed by atoms with Gasteiger partial charge in [0, 0.05) is 19.0 Å². The second kappa shape index (κ2) is 6.12. The van der Waals surface area contributed by atoms with Crippen molar-refractivity contribution in [2.45, 2.75) is 12.3 Å². The van der Waals surface area contributed by atoms with Gasteiger partial charge in [-0.05, 0) is 40.5 Å². The van der Waals surface area contributed by atoms with Crippen LogP contribution >= 0.6 is 0 Å². The van der Waals surface area contributed by atoms with Crippen molar-refractivity contribution in [3.05, 3.63) is 59.7 Å². The Hall–Kier alpha value is -2.82. The lowest BCUT2D eigenvalue weighted by Gasteiger charge is -2.26. The van der Waals surface area contributed by atoms with Gasteiger partial charge in [0.05, 0.1) is 5.92 Å². The molecular weight excluding hydrogens is 342 g/mol. The fourth-order valence-corrected chi connectivity index (χ4v) is 4.96. The van der Waals surface area contributed by atoms with Gasteiger partial charge in [0.1, 0.15) is 6.61 Å². The van der Waals surface area contributed by atoms with Gasteiger partial charge in [0.25, 0.3) is 0 Å². The summed E-state index contributed by atoms with van der Waals surface area (Å²) in [6, 6.07) is 16.5. The number of piperidine rings is 1. The van der Waals surface area contributed by atoms with Gasteiger partial charge >= 0.3 is 12.1 Å². The van der Waals surface area contributed by atoms with Crippen LogP contribution in [0.25, 0.3) is 11.1 Å². The van der Waals surface area contributed by atoms with Gasteiger partial charge in [-0.2, -0.15) is 0 Å². The van der Waals surface area contributed by atoms with E-state index in [0.717, 1.165) is 6.42 Å². The van der Waals surface area contributed by atoms with Crippen LogP contribution in [0.5, 0.6) is 0 Å². The maximum Gasteiger partial charge on any atom is 0.409 e. The SMILES string of the molecule is O=C(O)[C@H]1[C@@H]2CN(C(=O)OCC3c4ccccc4-c4ccccc43)CC[C@@H]21. The fourth-order valence-electron chi connectivity index (χ4n) is 4.96. The van der Waals surface area contributed by atoms with Gasteiger partial charge in [-0.25, -0.2) is 4.79 Å². The fraction of sp³-hybridized carbons (Fsp3) is 0.364. The molecule has 0 unspecified atom stereocenters. The first kappa shape index (κ1) is 16.4. The van der Waals surface area contributed by atoms with Gasteiger partial charge in [-0.15, -0.1) is 0 Å². The number of amides is 1. The summed E-state index contributed by atoms with van der Waals surface area (Å²) in [4.78, 5) is 25.5. The molecular formula is C22H21NO4. The summed E-state index contributed by atoms with van der Waals surface area (Å²) in [5.41, 5.74) is 4.80. The number of nitrogens with zero attached hydrogens (tertiary/aromatic N) is 1. The largest absolute Gasteiger partial charge is 0.481 e. The van der Waals surface area contributed by atoms with Crippen molar-refractivity contribution in [3.63, 3.8) is 0 Å². The topological polar surface area (TPSA) is 66.8 Å². The molecule has 0 radical (unpaired) electrons. The van der Waals surface area contributed by atoms with Crippen LogP contribution in [0.1, 0.15) is 23.5 Å². The summed E-state index contributed by atoms with van der Waals surface area (Å²) in [6.07, 6.45) is 0.428. The van der Waals surface area contributed by atoms with E-state index in [9.17, 15) is 14.7 Å². The number of hydrogen-bond donors (Lipinski definition) is 1. The number of carboxylic acids is 1.